The van der Waals surface area contributed by atoms with Gasteiger partial charge < -0.3 is 14.6 Å². The lowest BCUT2D eigenvalue weighted by Gasteiger charge is -2.25. The second-order valence-electron chi connectivity index (χ2n) is 7.34. The number of methoxy groups -OCH3 is 1. The number of nitrogens with one attached hydrogen (secondary N) is 2. The van der Waals surface area contributed by atoms with E-state index in [0.29, 0.717) is 27.6 Å². The molecule has 0 aliphatic rings. The Balaban J connectivity index is 1.96. The summed E-state index contributed by atoms with van der Waals surface area (Å²) in [5, 5.41) is 22.8. The zero-order chi connectivity index (χ0) is 24.7. The van der Waals surface area contributed by atoms with E-state index in [9.17, 15) is 19.5 Å². The number of ketones is 1. The molecule has 0 aliphatic heterocycles. The highest BCUT2D eigenvalue weighted by atomic mass is 16.6. The van der Waals surface area contributed by atoms with Crippen molar-refractivity contribution in [2.45, 2.75) is 19.1 Å². The fourth-order valence-electron chi connectivity index (χ4n) is 3.44. The molecule has 34 heavy (non-hydrogen) atoms. The molecule has 0 bridgehead atoms. The van der Waals surface area contributed by atoms with Crippen molar-refractivity contribution >= 4 is 34.2 Å². The van der Waals surface area contributed by atoms with E-state index in [4.69, 9.17) is 14.7 Å². The number of Topliss-reactive ketones (excluding diaryl/α,β-unsaturated/α-hetero) is 1. The number of ether oxygens (including phenoxy) is 2. The minimum Gasteiger partial charge on any atom is -0.507 e. The van der Waals surface area contributed by atoms with Crippen LogP contribution in [0.15, 0.2) is 72.8 Å². The van der Waals surface area contributed by atoms with Gasteiger partial charge in [0.05, 0.1) is 0 Å². The molecule has 0 spiro atoms. The van der Waals surface area contributed by atoms with Crippen molar-refractivity contribution < 1.29 is 34.2 Å². The van der Waals surface area contributed by atoms with Crippen molar-refractivity contribution in [1.82, 2.24) is 5.48 Å². The molecule has 3 aromatic rings. The number of fused-ring (bicyclic) bond motifs is 1. The van der Waals surface area contributed by atoms with Gasteiger partial charge in [0.25, 0.3) is 5.91 Å². The largest absolute Gasteiger partial charge is 0.507 e. The Bertz CT molecular complexity index is 1220. The highest BCUT2D eigenvalue weighted by Crippen LogP contribution is 2.35. The third-order valence-electron chi connectivity index (χ3n) is 5.13. The second-order valence-corrected chi connectivity index (χ2v) is 7.34. The molecule has 4 N–H and O–H groups in total. The van der Waals surface area contributed by atoms with Gasteiger partial charge in [-0.2, -0.15) is 0 Å². The van der Waals surface area contributed by atoms with Crippen LogP contribution in [0.5, 0.6) is 5.75 Å². The van der Waals surface area contributed by atoms with Gasteiger partial charge in [0.1, 0.15) is 11.9 Å². The number of hydrogen-bond donors (Lipinski definition) is 4. The monoisotopic (exact) mass is 464 g/mol. The quantitative estimate of drug-likeness (QED) is 0.171. The number of carbonyl (C=O) groups excluding carboxylic acids is 3. The summed E-state index contributed by atoms with van der Waals surface area (Å²) in [5.74, 6) is -0.835. The number of amides is 2. The predicted molar refractivity (Wildman–Crippen MR) is 125 cm³/mol. The molecule has 3 aromatic carbocycles. The molecule has 9 nitrogen and oxygen atoms in total. The summed E-state index contributed by atoms with van der Waals surface area (Å²) < 4.78 is 11.2. The fourth-order valence-corrected chi connectivity index (χ4v) is 3.44. The molecule has 0 fully saturated rings. The van der Waals surface area contributed by atoms with E-state index in [1.807, 2.05) is 0 Å². The number of carbonyl (C=O) groups is 3. The van der Waals surface area contributed by atoms with E-state index in [0.717, 1.165) is 6.08 Å². The minimum absolute atomic E-state index is 0.0530. The van der Waals surface area contributed by atoms with E-state index < -0.39 is 24.2 Å². The molecule has 0 saturated heterocycles. The number of hydroxylamine groups is 1. The lowest BCUT2D eigenvalue weighted by atomic mass is 9.96. The third-order valence-corrected chi connectivity index (χ3v) is 5.13. The summed E-state index contributed by atoms with van der Waals surface area (Å²) in [6, 6.07) is 16.4. The van der Waals surface area contributed by atoms with Gasteiger partial charge in [0.2, 0.25) is 0 Å². The smallest absolute Gasteiger partial charge is 0.412 e. The Morgan fingerprint density at radius 2 is 1.65 bits per heavy atom. The number of rotatable bonds is 8. The van der Waals surface area contributed by atoms with Crippen molar-refractivity contribution in [3.05, 3.63) is 83.9 Å². The summed E-state index contributed by atoms with van der Waals surface area (Å²) >= 11 is 0. The third kappa shape index (κ3) is 5.77. The Hall–Kier alpha value is -4.21. The number of aromatic hydroxyl groups is 1. The zero-order valence-electron chi connectivity index (χ0n) is 18.5. The molecule has 2 atom stereocenters. The van der Waals surface area contributed by atoms with Crippen LogP contribution < -0.4 is 10.8 Å². The average molecular weight is 464 g/mol. The van der Waals surface area contributed by atoms with Crippen LogP contribution in [0, 0.1) is 0 Å². The molecule has 0 radical (unpaired) electrons. The molecule has 9 heteroatoms. The van der Waals surface area contributed by atoms with Crippen LogP contribution in [-0.2, 0) is 14.3 Å². The SMILES string of the molecule is CO[C@H](/C=C/C(=O)NO)[C@H](OC(=O)Nc1ccc(C(C)=O)cc1)c1ccc(O)c2ccccc12. The van der Waals surface area contributed by atoms with Gasteiger partial charge in [-0.05, 0) is 48.7 Å². The van der Waals surface area contributed by atoms with Gasteiger partial charge >= 0.3 is 6.09 Å². The molecule has 0 saturated carbocycles. The number of anilines is 1. The maximum absolute atomic E-state index is 12.8. The van der Waals surface area contributed by atoms with Crippen molar-refractivity contribution in [1.29, 1.82) is 0 Å². The number of phenolic OH excluding ortho intramolecular Hbond substituents is 1. The Morgan fingerprint density at radius 1 is 0.971 bits per heavy atom. The molecule has 3 rings (SSSR count). The van der Waals surface area contributed by atoms with Crippen molar-refractivity contribution in [2.24, 2.45) is 0 Å². The van der Waals surface area contributed by atoms with Crippen LogP contribution in [0.2, 0.25) is 0 Å². The zero-order valence-corrected chi connectivity index (χ0v) is 18.5. The first kappa shape index (κ1) is 24.4. The van der Waals surface area contributed by atoms with E-state index >= 15 is 0 Å². The van der Waals surface area contributed by atoms with Gasteiger partial charge in [0, 0.05) is 35.4 Å². The second kappa shape index (κ2) is 11.1. The van der Waals surface area contributed by atoms with Crippen LogP contribution in [0.3, 0.4) is 0 Å². The topological polar surface area (TPSA) is 134 Å². The summed E-state index contributed by atoms with van der Waals surface area (Å²) in [4.78, 5) is 35.7. The maximum atomic E-state index is 12.8. The van der Waals surface area contributed by atoms with Crippen molar-refractivity contribution in [3.8, 4) is 5.75 Å². The van der Waals surface area contributed by atoms with Crippen molar-refractivity contribution in [3.63, 3.8) is 0 Å². The lowest BCUT2D eigenvalue weighted by molar-refractivity contribution is -0.124. The van der Waals surface area contributed by atoms with Gasteiger partial charge in [-0.3, -0.25) is 20.1 Å². The van der Waals surface area contributed by atoms with Crippen molar-refractivity contribution in [2.75, 3.05) is 12.4 Å². The predicted octanol–water partition coefficient (Wildman–Crippen LogP) is 4.11. The summed E-state index contributed by atoms with van der Waals surface area (Å²) in [6.45, 7) is 1.44. The van der Waals surface area contributed by atoms with Gasteiger partial charge in [-0.25, -0.2) is 10.3 Å². The van der Waals surface area contributed by atoms with E-state index in [1.165, 1.54) is 31.7 Å². The Labute approximate surface area is 195 Å². The molecule has 0 aromatic heterocycles. The number of hydrogen-bond acceptors (Lipinski definition) is 7. The molecule has 176 valence electrons. The van der Waals surface area contributed by atoms with E-state index in [2.05, 4.69) is 5.32 Å². The van der Waals surface area contributed by atoms with Crippen LogP contribution in [0.1, 0.15) is 28.9 Å². The molecular formula is C25H24N2O7. The lowest BCUT2D eigenvalue weighted by Crippen LogP contribution is -2.27. The molecule has 2 amide bonds. The Morgan fingerprint density at radius 3 is 2.26 bits per heavy atom. The minimum atomic E-state index is -1.03. The summed E-state index contributed by atoms with van der Waals surface area (Å²) in [7, 11) is 1.38. The molecule has 0 heterocycles. The standard InChI is InChI=1S/C25H24N2O7/c1-15(28)16-7-9-17(10-8-16)26-25(31)34-24(22(33-2)13-14-23(30)27-32)20-11-12-21(29)19-6-4-3-5-18(19)20/h3-14,22,24,29,32H,1-2H3,(H,26,31)(H,27,30)/b14-13+/t22-,24-/m1/s1. The van der Waals surface area contributed by atoms with Crippen LogP contribution in [0.25, 0.3) is 10.8 Å². The van der Waals surface area contributed by atoms with E-state index in [-0.39, 0.29) is 11.5 Å². The first-order valence-corrected chi connectivity index (χ1v) is 10.3. The molecular weight excluding hydrogens is 440 g/mol. The number of phenols is 1. The first-order valence-electron chi connectivity index (χ1n) is 10.3. The van der Waals surface area contributed by atoms with E-state index in [1.54, 1.807) is 54.6 Å². The highest BCUT2D eigenvalue weighted by molar-refractivity contribution is 5.95. The van der Waals surface area contributed by atoms with Crippen LogP contribution in [-0.4, -0.2) is 41.3 Å². The average Bonchev–Trinajstić information content (AvgIpc) is 2.84. The highest BCUT2D eigenvalue weighted by Gasteiger charge is 2.28. The van der Waals surface area contributed by atoms with Crippen LogP contribution in [0.4, 0.5) is 10.5 Å². The Kier molecular flexibility index (Phi) is 7.96. The normalized spacial score (nSPS) is 12.8. The fraction of sp³-hybridized carbons (Fsp3) is 0.160. The molecule has 0 aliphatic carbocycles. The van der Waals surface area contributed by atoms with Crippen LogP contribution >= 0.6 is 0 Å². The summed E-state index contributed by atoms with van der Waals surface area (Å²) in [5.41, 5.74) is 2.92. The summed E-state index contributed by atoms with van der Waals surface area (Å²) in [6.07, 6.45) is -0.371. The van der Waals surface area contributed by atoms with Gasteiger partial charge in [-0.15, -0.1) is 0 Å². The number of benzene rings is 3. The maximum Gasteiger partial charge on any atom is 0.412 e. The van der Waals surface area contributed by atoms with Gasteiger partial charge in [0.15, 0.2) is 11.9 Å². The molecule has 0 unspecified atom stereocenters. The van der Waals surface area contributed by atoms with Gasteiger partial charge in [-0.1, -0.05) is 30.3 Å². The first-order chi connectivity index (χ1) is 16.3.